The zero-order valence-corrected chi connectivity index (χ0v) is 12.3. The predicted octanol–water partition coefficient (Wildman–Crippen LogP) is 0.649. The molecule has 0 aromatic carbocycles. The molecule has 0 bridgehead atoms. The van der Waals surface area contributed by atoms with Gasteiger partial charge in [-0.25, -0.2) is 0 Å². The van der Waals surface area contributed by atoms with Gasteiger partial charge in [0, 0.05) is 39.3 Å². The van der Waals surface area contributed by atoms with Gasteiger partial charge in [-0.2, -0.15) is 17.0 Å². The van der Waals surface area contributed by atoms with Gasteiger partial charge in [0.25, 0.3) is 10.2 Å². The Bertz CT molecular complexity index is 375. The lowest BCUT2D eigenvalue weighted by molar-refractivity contribution is 0.297. The largest absolute Gasteiger partial charge is 0.314 e. The van der Waals surface area contributed by atoms with E-state index in [1.807, 2.05) is 0 Å². The van der Waals surface area contributed by atoms with Crippen LogP contribution in [0.4, 0.5) is 0 Å². The molecule has 2 heterocycles. The molecule has 2 rings (SSSR count). The maximum Gasteiger partial charge on any atom is 0.282 e. The summed E-state index contributed by atoms with van der Waals surface area (Å²) in [5.41, 5.74) is 0.272. The van der Waals surface area contributed by atoms with Gasteiger partial charge in [-0.15, -0.1) is 0 Å². The molecule has 2 aliphatic heterocycles. The highest BCUT2D eigenvalue weighted by Crippen LogP contribution is 2.31. The summed E-state index contributed by atoms with van der Waals surface area (Å²) in [7, 11) is -3.23. The monoisotopic (exact) mass is 275 g/mol. The van der Waals surface area contributed by atoms with Gasteiger partial charge in [-0.05, 0) is 24.7 Å². The Morgan fingerprint density at radius 3 is 2.22 bits per heavy atom. The van der Waals surface area contributed by atoms with Gasteiger partial charge in [-0.1, -0.05) is 13.8 Å². The average molecular weight is 275 g/mol. The van der Waals surface area contributed by atoms with Gasteiger partial charge in [0.2, 0.25) is 0 Å². The first-order valence-electron chi connectivity index (χ1n) is 6.88. The molecule has 0 amide bonds. The third kappa shape index (κ3) is 3.23. The molecule has 0 aromatic heterocycles. The van der Waals surface area contributed by atoms with Crippen LogP contribution in [0.3, 0.4) is 0 Å². The van der Waals surface area contributed by atoms with Gasteiger partial charge in [0.1, 0.15) is 0 Å². The fourth-order valence-electron chi connectivity index (χ4n) is 2.67. The molecule has 2 fully saturated rings. The van der Waals surface area contributed by atoms with Crippen LogP contribution in [0, 0.1) is 5.41 Å². The standard InChI is InChI=1S/C12H25N3O2S/c1-12(2)4-3-8-14(9-5-12)18(16,17)15-10-6-13-7-11-15/h13H,3-11H2,1-2H3. The van der Waals surface area contributed by atoms with E-state index in [0.29, 0.717) is 26.2 Å². The minimum atomic E-state index is -3.23. The van der Waals surface area contributed by atoms with E-state index in [2.05, 4.69) is 19.2 Å². The molecule has 0 spiro atoms. The molecule has 0 saturated carbocycles. The Balaban J connectivity index is 2.05. The summed E-state index contributed by atoms with van der Waals surface area (Å²) in [5.74, 6) is 0. The highest BCUT2D eigenvalue weighted by Gasteiger charge is 2.33. The minimum Gasteiger partial charge on any atom is -0.314 e. The molecule has 18 heavy (non-hydrogen) atoms. The molecule has 6 heteroatoms. The number of rotatable bonds is 2. The van der Waals surface area contributed by atoms with Crippen LogP contribution in [-0.2, 0) is 10.2 Å². The van der Waals surface area contributed by atoms with Crippen LogP contribution in [0.25, 0.3) is 0 Å². The molecular weight excluding hydrogens is 250 g/mol. The maximum absolute atomic E-state index is 12.5. The van der Waals surface area contributed by atoms with Crippen LogP contribution in [0.5, 0.6) is 0 Å². The molecule has 106 valence electrons. The van der Waals surface area contributed by atoms with Crippen LogP contribution < -0.4 is 5.32 Å². The van der Waals surface area contributed by atoms with Crippen molar-refractivity contribution < 1.29 is 8.42 Å². The van der Waals surface area contributed by atoms with Crippen molar-refractivity contribution in [3.8, 4) is 0 Å². The van der Waals surface area contributed by atoms with Crippen molar-refractivity contribution in [3.63, 3.8) is 0 Å². The summed E-state index contributed by atoms with van der Waals surface area (Å²) < 4.78 is 28.4. The molecular formula is C12H25N3O2S. The zero-order valence-electron chi connectivity index (χ0n) is 11.5. The van der Waals surface area contributed by atoms with Gasteiger partial charge in [-0.3, -0.25) is 0 Å². The van der Waals surface area contributed by atoms with Crippen molar-refractivity contribution >= 4 is 10.2 Å². The SMILES string of the molecule is CC1(C)CCCN(S(=O)(=O)N2CCNCC2)CC1. The fourth-order valence-corrected chi connectivity index (χ4v) is 4.32. The van der Waals surface area contributed by atoms with Crippen molar-refractivity contribution in [2.45, 2.75) is 33.1 Å². The highest BCUT2D eigenvalue weighted by molar-refractivity contribution is 7.86. The van der Waals surface area contributed by atoms with Gasteiger partial charge in [0.15, 0.2) is 0 Å². The zero-order chi connectivity index (χ0) is 13.2. The smallest absolute Gasteiger partial charge is 0.282 e. The summed E-state index contributed by atoms with van der Waals surface area (Å²) >= 11 is 0. The Hall–Kier alpha value is -0.170. The normalized spacial score (nSPS) is 27.9. The van der Waals surface area contributed by atoms with Crippen LogP contribution in [-0.4, -0.2) is 56.3 Å². The van der Waals surface area contributed by atoms with E-state index in [1.165, 1.54) is 0 Å². The number of hydrogen-bond acceptors (Lipinski definition) is 3. The number of nitrogens with zero attached hydrogens (tertiary/aromatic N) is 2. The maximum atomic E-state index is 12.5. The topological polar surface area (TPSA) is 52.7 Å². The second kappa shape index (κ2) is 5.45. The van der Waals surface area contributed by atoms with Gasteiger partial charge in [0.05, 0.1) is 0 Å². The third-order valence-electron chi connectivity index (χ3n) is 4.03. The number of piperazine rings is 1. The van der Waals surface area contributed by atoms with E-state index < -0.39 is 10.2 Å². The summed E-state index contributed by atoms with van der Waals surface area (Å²) in [6.45, 7) is 8.53. The second-order valence-corrected chi connectivity index (χ2v) is 8.00. The number of hydrogen-bond donors (Lipinski definition) is 1. The summed E-state index contributed by atoms with van der Waals surface area (Å²) in [6.07, 6.45) is 3.04. The number of nitrogens with one attached hydrogen (secondary N) is 1. The molecule has 5 nitrogen and oxygen atoms in total. The van der Waals surface area contributed by atoms with Gasteiger partial charge < -0.3 is 5.32 Å². The van der Waals surface area contributed by atoms with Gasteiger partial charge >= 0.3 is 0 Å². The van der Waals surface area contributed by atoms with Crippen LogP contribution in [0.2, 0.25) is 0 Å². The predicted molar refractivity (Wildman–Crippen MR) is 72.6 cm³/mol. The summed E-state index contributed by atoms with van der Waals surface area (Å²) in [4.78, 5) is 0. The fraction of sp³-hybridized carbons (Fsp3) is 1.00. The van der Waals surface area contributed by atoms with Crippen LogP contribution in [0.1, 0.15) is 33.1 Å². The Morgan fingerprint density at radius 1 is 0.944 bits per heavy atom. The first-order valence-corrected chi connectivity index (χ1v) is 8.27. The Morgan fingerprint density at radius 2 is 1.56 bits per heavy atom. The lowest BCUT2D eigenvalue weighted by atomic mass is 9.85. The van der Waals surface area contributed by atoms with Crippen molar-refractivity contribution in [3.05, 3.63) is 0 Å². The molecule has 2 saturated heterocycles. The molecule has 1 N–H and O–H groups in total. The molecule has 0 aromatic rings. The molecule has 0 radical (unpaired) electrons. The second-order valence-electron chi connectivity index (χ2n) is 6.07. The first kappa shape index (κ1) is 14.2. The lowest BCUT2D eigenvalue weighted by Gasteiger charge is -2.32. The third-order valence-corrected chi connectivity index (χ3v) is 6.06. The first-order chi connectivity index (χ1) is 8.42. The lowest BCUT2D eigenvalue weighted by Crippen LogP contribution is -2.52. The van der Waals surface area contributed by atoms with E-state index in [-0.39, 0.29) is 5.41 Å². The van der Waals surface area contributed by atoms with Crippen LogP contribution >= 0.6 is 0 Å². The van der Waals surface area contributed by atoms with E-state index in [0.717, 1.165) is 32.4 Å². The van der Waals surface area contributed by atoms with E-state index >= 15 is 0 Å². The molecule has 0 atom stereocenters. The highest BCUT2D eigenvalue weighted by atomic mass is 32.2. The van der Waals surface area contributed by atoms with E-state index in [1.54, 1.807) is 8.61 Å². The minimum absolute atomic E-state index is 0.272. The molecule has 0 aliphatic carbocycles. The van der Waals surface area contributed by atoms with Crippen molar-refractivity contribution in [1.82, 2.24) is 13.9 Å². The van der Waals surface area contributed by atoms with Crippen molar-refractivity contribution in [2.75, 3.05) is 39.3 Å². The Kier molecular flexibility index (Phi) is 4.31. The summed E-state index contributed by atoms with van der Waals surface area (Å²) in [5, 5.41) is 3.19. The van der Waals surface area contributed by atoms with E-state index in [9.17, 15) is 8.42 Å². The average Bonchev–Trinajstić information content (AvgIpc) is 2.52. The molecule has 2 aliphatic rings. The van der Waals surface area contributed by atoms with Crippen LogP contribution in [0.15, 0.2) is 0 Å². The molecule has 0 unspecified atom stereocenters. The summed E-state index contributed by atoms with van der Waals surface area (Å²) in [6, 6.07) is 0. The van der Waals surface area contributed by atoms with E-state index in [4.69, 9.17) is 0 Å². The van der Waals surface area contributed by atoms with Crippen molar-refractivity contribution in [2.24, 2.45) is 5.41 Å². The Labute approximate surface area is 111 Å². The van der Waals surface area contributed by atoms with Crippen molar-refractivity contribution in [1.29, 1.82) is 0 Å². The quantitative estimate of drug-likeness (QED) is 0.805.